The maximum Gasteiger partial charge on any atom is 0.300 e. The molecule has 1 atom stereocenters. The van der Waals surface area contributed by atoms with Crippen LogP contribution in [0.15, 0.2) is 40.1 Å². The number of carboxylic acids is 1. The molecule has 0 aromatic heterocycles. The van der Waals surface area contributed by atoms with Crippen molar-refractivity contribution in [3.8, 4) is 0 Å². The largest absolute Gasteiger partial charge is 0.481 e. The minimum Gasteiger partial charge on any atom is -0.481 e. The first-order valence-electron chi connectivity index (χ1n) is 8.13. The Hall–Kier alpha value is -1.26. The Balaban J connectivity index is 0.000000593. The number of thioether (sulfide) groups is 1. The average Bonchev–Trinajstić information content (AvgIpc) is 2.49. The molecule has 2 N–H and O–H groups in total. The van der Waals surface area contributed by atoms with Crippen molar-refractivity contribution >= 4 is 17.7 Å². The molecule has 0 aliphatic heterocycles. The van der Waals surface area contributed by atoms with E-state index in [0.29, 0.717) is 6.61 Å². The van der Waals surface area contributed by atoms with E-state index in [0.717, 1.165) is 19.8 Å². The minimum absolute atomic E-state index is 0.260. The monoisotopic (exact) mass is 336 g/mol. The van der Waals surface area contributed by atoms with E-state index in [1.807, 2.05) is 11.8 Å². The summed E-state index contributed by atoms with van der Waals surface area (Å²) < 4.78 is 0. The van der Waals surface area contributed by atoms with Crippen LogP contribution >= 0.6 is 11.8 Å². The van der Waals surface area contributed by atoms with Crippen LogP contribution in [0.5, 0.6) is 0 Å². The van der Waals surface area contributed by atoms with Crippen molar-refractivity contribution in [2.45, 2.75) is 57.8 Å². The average molecular weight is 336 g/mol. The van der Waals surface area contributed by atoms with Crippen molar-refractivity contribution in [3.63, 3.8) is 0 Å². The highest BCUT2D eigenvalue weighted by Crippen LogP contribution is 2.48. The summed E-state index contributed by atoms with van der Waals surface area (Å²) in [6, 6.07) is 8.78. The summed E-state index contributed by atoms with van der Waals surface area (Å²) in [5, 5.41) is 16.5. The van der Waals surface area contributed by atoms with Crippen LogP contribution in [0.2, 0.25) is 0 Å². The first kappa shape index (κ1) is 19.8. The molecule has 1 unspecified atom stereocenters. The first-order valence-corrected chi connectivity index (χ1v) is 8.94. The predicted molar refractivity (Wildman–Crippen MR) is 96.7 cm³/mol. The van der Waals surface area contributed by atoms with Crippen molar-refractivity contribution < 1.29 is 15.0 Å². The van der Waals surface area contributed by atoms with Gasteiger partial charge in [0.05, 0.1) is 0 Å². The molecule has 23 heavy (non-hydrogen) atoms. The molecule has 0 spiro atoms. The fraction of sp³-hybridized carbons (Fsp3) is 0.526. The third-order valence-corrected chi connectivity index (χ3v) is 5.38. The quantitative estimate of drug-likeness (QED) is 0.792. The Morgan fingerprint density at radius 1 is 1.30 bits per heavy atom. The molecular formula is C19H28O3S. The number of aliphatic carboxylic acids is 1. The molecular weight excluding hydrogens is 308 g/mol. The van der Waals surface area contributed by atoms with Crippen LogP contribution in [0.3, 0.4) is 0 Å². The second-order valence-corrected chi connectivity index (χ2v) is 7.40. The number of benzene rings is 1. The van der Waals surface area contributed by atoms with Gasteiger partial charge in [-0.15, -0.1) is 0 Å². The molecule has 0 radical (unpaired) electrons. The van der Waals surface area contributed by atoms with E-state index in [9.17, 15) is 0 Å². The topological polar surface area (TPSA) is 57.5 Å². The molecule has 0 saturated heterocycles. The van der Waals surface area contributed by atoms with E-state index in [1.165, 1.54) is 34.6 Å². The fourth-order valence-corrected chi connectivity index (χ4v) is 3.89. The number of aliphatic hydroxyl groups is 1. The number of aryl methyl sites for hydroxylation is 1. The molecule has 4 heteroatoms. The predicted octanol–water partition coefficient (Wildman–Crippen LogP) is 5.02. The molecule has 2 rings (SSSR count). The number of hydrogen-bond acceptors (Lipinski definition) is 3. The molecule has 0 saturated carbocycles. The van der Waals surface area contributed by atoms with Crippen molar-refractivity contribution in [1.29, 1.82) is 0 Å². The zero-order chi connectivity index (χ0) is 17.3. The molecule has 1 aromatic rings. The van der Waals surface area contributed by atoms with Gasteiger partial charge < -0.3 is 10.2 Å². The number of aliphatic hydroxyl groups excluding tert-OH is 1. The third-order valence-electron chi connectivity index (χ3n) is 3.99. The zero-order valence-electron chi connectivity index (χ0n) is 14.3. The summed E-state index contributed by atoms with van der Waals surface area (Å²) in [7, 11) is 0. The van der Waals surface area contributed by atoms with Gasteiger partial charge >= 0.3 is 0 Å². The highest BCUT2D eigenvalue weighted by atomic mass is 32.2. The number of rotatable bonds is 5. The van der Waals surface area contributed by atoms with Crippen LogP contribution in [0, 0.1) is 12.3 Å². The summed E-state index contributed by atoms with van der Waals surface area (Å²) in [6.45, 7) is 5.87. The van der Waals surface area contributed by atoms with Gasteiger partial charge in [0.25, 0.3) is 5.97 Å². The van der Waals surface area contributed by atoms with Crippen molar-refractivity contribution in [1.82, 2.24) is 0 Å². The van der Waals surface area contributed by atoms with Gasteiger partial charge in [-0.2, -0.15) is 0 Å². The van der Waals surface area contributed by atoms with Gasteiger partial charge in [0.2, 0.25) is 0 Å². The maximum absolute atomic E-state index is 9.09. The summed E-state index contributed by atoms with van der Waals surface area (Å²) in [5.74, 6) is -0.833. The standard InChI is InChI=1S/C17H24OS.C2H4O2/c1-14-7-9-15(10-8-14)19-16-6-3-4-11-17(16,2)12-5-13-18;1-2(3)4/h6-10,18H,3-5,11-13H2,1-2H3;1H3,(H,3,4). The molecule has 1 aliphatic rings. The van der Waals surface area contributed by atoms with Crippen molar-refractivity contribution in [3.05, 3.63) is 40.8 Å². The van der Waals surface area contributed by atoms with E-state index in [4.69, 9.17) is 15.0 Å². The molecule has 0 heterocycles. The van der Waals surface area contributed by atoms with Crippen molar-refractivity contribution in [2.75, 3.05) is 6.61 Å². The molecule has 1 aliphatic carbocycles. The van der Waals surface area contributed by atoms with Gasteiger partial charge in [-0.05, 0) is 61.5 Å². The summed E-state index contributed by atoms with van der Waals surface area (Å²) >= 11 is 1.91. The molecule has 128 valence electrons. The minimum atomic E-state index is -0.833. The molecule has 0 bridgehead atoms. The number of allylic oxidation sites excluding steroid dienone is 2. The van der Waals surface area contributed by atoms with E-state index in [-0.39, 0.29) is 5.41 Å². The second kappa shape index (κ2) is 9.78. The maximum atomic E-state index is 9.09. The van der Waals surface area contributed by atoms with Gasteiger partial charge in [-0.3, -0.25) is 4.79 Å². The van der Waals surface area contributed by atoms with Crippen LogP contribution < -0.4 is 0 Å². The normalized spacial score (nSPS) is 20.3. The lowest BCUT2D eigenvalue weighted by Crippen LogP contribution is -2.21. The van der Waals surface area contributed by atoms with Gasteiger partial charge in [-0.25, -0.2) is 0 Å². The lowest BCUT2D eigenvalue weighted by atomic mass is 9.77. The van der Waals surface area contributed by atoms with Gasteiger partial charge in [0, 0.05) is 18.4 Å². The van der Waals surface area contributed by atoms with E-state index >= 15 is 0 Å². The van der Waals surface area contributed by atoms with Crippen LogP contribution in [0.25, 0.3) is 0 Å². The Morgan fingerprint density at radius 2 is 1.91 bits per heavy atom. The number of carbonyl (C=O) groups is 1. The highest BCUT2D eigenvalue weighted by Gasteiger charge is 2.30. The molecule has 1 aromatic carbocycles. The Kier molecular flexibility index (Phi) is 8.42. The van der Waals surface area contributed by atoms with Gasteiger partial charge in [0.15, 0.2) is 0 Å². The van der Waals surface area contributed by atoms with Crippen LogP contribution in [0.1, 0.15) is 51.5 Å². The Bertz CT molecular complexity index is 518. The lowest BCUT2D eigenvalue weighted by Gasteiger charge is -2.35. The Labute approximate surface area is 143 Å². The van der Waals surface area contributed by atoms with Crippen molar-refractivity contribution in [2.24, 2.45) is 5.41 Å². The van der Waals surface area contributed by atoms with Gasteiger partial charge in [0.1, 0.15) is 0 Å². The Morgan fingerprint density at radius 3 is 2.48 bits per heavy atom. The summed E-state index contributed by atoms with van der Waals surface area (Å²) in [5.41, 5.74) is 1.57. The highest BCUT2D eigenvalue weighted by molar-refractivity contribution is 8.03. The summed E-state index contributed by atoms with van der Waals surface area (Å²) in [4.78, 5) is 11.8. The first-order chi connectivity index (χ1) is 10.9. The summed E-state index contributed by atoms with van der Waals surface area (Å²) in [6.07, 6.45) is 8.13. The van der Waals surface area contributed by atoms with E-state index < -0.39 is 5.97 Å². The molecule has 0 amide bonds. The second-order valence-electron chi connectivity index (χ2n) is 6.28. The SMILES string of the molecule is CC(=O)O.Cc1ccc(SC2=CCCCC2(C)CCCO)cc1. The zero-order valence-corrected chi connectivity index (χ0v) is 15.2. The number of hydrogen-bond donors (Lipinski definition) is 2. The van der Waals surface area contributed by atoms with E-state index in [1.54, 1.807) is 0 Å². The van der Waals surface area contributed by atoms with Crippen LogP contribution in [-0.2, 0) is 4.79 Å². The fourth-order valence-electron chi connectivity index (χ4n) is 2.71. The lowest BCUT2D eigenvalue weighted by molar-refractivity contribution is -0.134. The number of carboxylic acid groups (broad SMARTS) is 1. The van der Waals surface area contributed by atoms with Crippen LogP contribution in [-0.4, -0.2) is 22.8 Å². The third kappa shape index (κ3) is 7.23. The van der Waals surface area contributed by atoms with Crippen LogP contribution in [0.4, 0.5) is 0 Å². The smallest absolute Gasteiger partial charge is 0.300 e. The molecule has 0 fully saturated rings. The molecule has 3 nitrogen and oxygen atoms in total. The van der Waals surface area contributed by atoms with E-state index in [2.05, 4.69) is 44.2 Å². The van der Waals surface area contributed by atoms with Gasteiger partial charge in [-0.1, -0.05) is 42.5 Å².